The Labute approximate surface area is 122 Å². The standard InChI is InChI=1S/C15H27N3S/c1-12(2)15(10-16)17-11-13(3)18(4)19-14-8-6-5-7-9-14/h5-9,12-13,15,17H,10-11,16H2,1-4H3. The van der Waals surface area contributed by atoms with Gasteiger partial charge in [-0.1, -0.05) is 32.0 Å². The molecule has 3 nitrogen and oxygen atoms in total. The van der Waals surface area contributed by atoms with Crippen molar-refractivity contribution in [1.82, 2.24) is 9.62 Å². The molecule has 1 aromatic carbocycles. The normalized spacial score (nSPS) is 14.9. The quantitative estimate of drug-likeness (QED) is 0.719. The van der Waals surface area contributed by atoms with Gasteiger partial charge in [-0.05, 0) is 44.0 Å². The molecule has 3 N–H and O–H groups in total. The molecule has 0 spiro atoms. The minimum absolute atomic E-state index is 0.401. The first-order valence-electron chi connectivity index (χ1n) is 6.94. The minimum atomic E-state index is 0.401. The lowest BCUT2D eigenvalue weighted by Crippen LogP contribution is -2.45. The number of nitrogens with two attached hydrogens (primary N) is 1. The van der Waals surface area contributed by atoms with Crippen LogP contribution >= 0.6 is 11.9 Å². The molecule has 2 unspecified atom stereocenters. The summed E-state index contributed by atoms with van der Waals surface area (Å²) >= 11 is 1.78. The second kappa shape index (κ2) is 8.59. The molecule has 0 saturated heterocycles. The van der Waals surface area contributed by atoms with Crippen LogP contribution in [0.1, 0.15) is 20.8 Å². The predicted molar refractivity (Wildman–Crippen MR) is 85.2 cm³/mol. The maximum Gasteiger partial charge on any atom is 0.0299 e. The molecule has 1 aromatic rings. The van der Waals surface area contributed by atoms with E-state index >= 15 is 0 Å². The van der Waals surface area contributed by atoms with Crippen molar-refractivity contribution in [2.75, 3.05) is 20.1 Å². The Morgan fingerprint density at radius 2 is 1.84 bits per heavy atom. The summed E-state index contributed by atoms with van der Waals surface area (Å²) in [6.45, 7) is 8.29. The highest BCUT2D eigenvalue weighted by Gasteiger charge is 2.15. The third-order valence-electron chi connectivity index (χ3n) is 3.35. The van der Waals surface area contributed by atoms with Gasteiger partial charge >= 0.3 is 0 Å². The third-order valence-corrected chi connectivity index (χ3v) is 4.48. The number of rotatable bonds is 8. The lowest BCUT2D eigenvalue weighted by molar-refractivity contribution is 0.347. The second-order valence-corrected chi connectivity index (χ2v) is 6.52. The van der Waals surface area contributed by atoms with Gasteiger partial charge in [-0.2, -0.15) is 0 Å². The van der Waals surface area contributed by atoms with E-state index in [1.54, 1.807) is 11.9 Å². The molecule has 0 aromatic heterocycles. The SMILES string of the molecule is CC(C)C(CN)NCC(C)N(C)Sc1ccccc1. The van der Waals surface area contributed by atoms with E-state index in [1.807, 2.05) is 6.07 Å². The second-order valence-electron chi connectivity index (χ2n) is 5.29. The summed E-state index contributed by atoms with van der Waals surface area (Å²) in [6, 6.07) is 11.3. The summed E-state index contributed by atoms with van der Waals surface area (Å²) in [4.78, 5) is 1.27. The van der Waals surface area contributed by atoms with Gasteiger partial charge in [0, 0.05) is 30.1 Å². The van der Waals surface area contributed by atoms with Gasteiger partial charge in [0.1, 0.15) is 0 Å². The van der Waals surface area contributed by atoms with Crippen LogP contribution in [0.15, 0.2) is 35.2 Å². The highest BCUT2D eigenvalue weighted by atomic mass is 32.2. The van der Waals surface area contributed by atoms with E-state index in [2.05, 4.69) is 61.7 Å². The number of nitrogens with one attached hydrogen (secondary N) is 1. The fourth-order valence-electron chi connectivity index (χ4n) is 1.78. The maximum absolute atomic E-state index is 5.78. The molecule has 0 amide bonds. The molecule has 0 aliphatic carbocycles. The molecule has 108 valence electrons. The molecule has 0 saturated carbocycles. The smallest absolute Gasteiger partial charge is 0.0299 e. The first kappa shape index (κ1) is 16.5. The summed E-state index contributed by atoms with van der Waals surface area (Å²) in [5, 5.41) is 3.56. The van der Waals surface area contributed by atoms with Crippen molar-refractivity contribution in [3.05, 3.63) is 30.3 Å². The molecule has 2 atom stereocenters. The van der Waals surface area contributed by atoms with Crippen molar-refractivity contribution in [2.24, 2.45) is 11.7 Å². The van der Waals surface area contributed by atoms with E-state index < -0.39 is 0 Å². The van der Waals surface area contributed by atoms with Crippen molar-refractivity contribution in [1.29, 1.82) is 0 Å². The highest BCUT2D eigenvalue weighted by molar-refractivity contribution is 7.97. The van der Waals surface area contributed by atoms with E-state index in [4.69, 9.17) is 5.73 Å². The van der Waals surface area contributed by atoms with Crippen LogP contribution in [0.2, 0.25) is 0 Å². The lowest BCUT2D eigenvalue weighted by Gasteiger charge is -2.27. The Kier molecular flexibility index (Phi) is 7.46. The zero-order valence-electron chi connectivity index (χ0n) is 12.5. The molecule has 0 aliphatic rings. The van der Waals surface area contributed by atoms with Crippen LogP contribution in [0.25, 0.3) is 0 Å². The van der Waals surface area contributed by atoms with E-state index in [1.165, 1.54) is 4.90 Å². The van der Waals surface area contributed by atoms with E-state index in [9.17, 15) is 0 Å². The Balaban J connectivity index is 2.38. The maximum atomic E-state index is 5.78. The van der Waals surface area contributed by atoms with Gasteiger partial charge in [-0.3, -0.25) is 0 Å². The van der Waals surface area contributed by atoms with Crippen LogP contribution in [-0.4, -0.2) is 36.5 Å². The van der Waals surface area contributed by atoms with Gasteiger partial charge in [-0.15, -0.1) is 0 Å². The highest BCUT2D eigenvalue weighted by Crippen LogP contribution is 2.22. The molecule has 4 heteroatoms. The van der Waals surface area contributed by atoms with Gasteiger partial charge in [0.2, 0.25) is 0 Å². The van der Waals surface area contributed by atoms with E-state index in [0.717, 1.165) is 6.54 Å². The molecule has 0 aliphatic heterocycles. The average molecular weight is 281 g/mol. The molecule has 1 rings (SSSR count). The minimum Gasteiger partial charge on any atom is -0.329 e. The first-order chi connectivity index (χ1) is 9.04. The molecule has 0 heterocycles. The summed E-state index contributed by atoms with van der Waals surface area (Å²) in [5.74, 6) is 0.573. The molecule has 0 bridgehead atoms. The van der Waals surface area contributed by atoms with Gasteiger partial charge in [0.25, 0.3) is 0 Å². The fourth-order valence-corrected chi connectivity index (χ4v) is 2.65. The van der Waals surface area contributed by atoms with Gasteiger partial charge in [0.05, 0.1) is 0 Å². The number of benzene rings is 1. The molecule has 0 fully saturated rings. The molecule has 19 heavy (non-hydrogen) atoms. The van der Waals surface area contributed by atoms with Gasteiger partial charge in [-0.25, -0.2) is 4.31 Å². The third kappa shape index (κ3) is 5.95. The zero-order valence-corrected chi connectivity index (χ0v) is 13.3. The number of hydrogen-bond acceptors (Lipinski definition) is 4. The molecular weight excluding hydrogens is 254 g/mol. The van der Waals surface area contributed by atoms with Crippen molar-refractivity contribution in [3.63, 3.8) is 0 Å². The average Bonchev–Trinajstić information content (AvgIpc) is 2.39. The fraction of sp³-hybridized carbons (Fsp3) is 0.600. The summed E-state index contributed by atoms with van der Waals surface area (Å²) in [6.07, 6.45) is 0. The van der Waals surface area contributed by atoms with Crippen molar-refractivity contribution in [2.45, 2.75) is 37.8 Å². The van der Waals surface area contributed by atoms with Crippen LogP contribution in [0, 0.1) is 5.92 Å². The topological polar surface area (TPSA) is 41.3 Å². The van der Waals surface area contributed by atoms with Crippen LogP contribution in [-0.2, 0) is 0 Å². The van der Waals surface area contributed by atoms with E-state index in [-0.39, 0.29) is 0 Å². The van der Waals surface area contributed by atoms with Crippen molar-refractivity contribution in [3.8, 4) is 0 Å². The predicted octanol–water partition coefficient (Wildman–Crippen LogP) is 2.59. The zero-order chi connectivity index (χ0) is 14.3. The summed E-state index contributed by atoms with van der Waals surface area (Å²) < 4.78 is 2.29. The van der Waals surface area contributed by atoms with Crippen LogP contribution < -0.4 is 11.1 Å². The Bertz CT molecular complexity index is 343. The Morgan fingerprint density at radius 3 is 2.37 bits per heavy atom. The van der Waals surface area contributed by atoms with Crippen LogP contribution in [0.5, 0.6) is 0 Å². The largest absolute Gasteiger partial charge is 0.329 e. The number of likely N-dealkylation sites (N-methyl/N-ethyl adjacent to an activating group) is 1. The van der Waals surface area contributed by atoms with Crippen LogP contribution in [0.4, 0.5) is 0 Å². The number of hydrogen-bond donors (Lipinski definition) is 2. The Morgan fingerprint density at radius 1 is 1.21 bits per heavy atom. The van der Waals surface area contributed by atoms with Crippen molar-refractivity contribution < 1.29 is 0 Å². The van der Waals surface area contributed by atoms with Gasteiger partial charge < -0.3 is 11.1 Å². The first-order valence-corrected chi connectivity index (χ1v) is 7.71. The molecule has 0 radical (unpaired) electrons. The lowest BCUT2D eigenvalue weighted by atomic mass is 10.0. The van der Waals surface area contributed by atoms with E-state index in [0.29, 0.717) is 24.5 Å². The van der Waals surface area contributed by atoms with Crippen molar-refractivity contribution >= 4 is 11.9 Å². The molecular formula is C15H27N3S. The summed E-state index contributed by atoms with van der Waals surface area (Å²) in [5.41, 5.74) is 5.78. The summed E-state index contributed by atoms with van der Waals surface area (Å²) in [7, 11) is 2.14. The van der Waals surface area contributed by atoms with Gasteiger partial charge in [0.15, 0.2) is 0 Å². The monoisotopic (exact) mass is 281 g/mol. The van der Waals surface area contributed by atoms with Crippen LogP contribution in [0.3, 0.4) is 0 Å². The Hall–Kier alpha value is -0.550. The number of nitrogens with zero attached hydrogens (tertiary/aromatic N) is 1.